The summed E-state index contributed by atoms with van der Waals surface area (Å²) in [6.07, 6.45) is 3.29. The largest absolute Gasteiger partial charge is 0.461 e. The Labute approximate surface area is 104 Å². The fourth-order valence-electron chi connectivity index (χ4n) is 1.81. The van der Waals surface area contributed by atoms with Crippen LogP contribution in [0.25, 0.3) is 17.0 Å². The number of fused-ring (bicyclic) bond motifs is 1. The molecule has 0 aliphatic carbocycles. The van der Waals surface area contributed by atoms with Crippen molar-refractivity contribution in [3.8, 4) is 0 Å². The third-order valence-electron chi connectivity index (χ3n) is 2.79. The molecule has 0 bridgehead atoms. The molecule has 2 rings (SSSR count). The number of para-hydroxylation sites is 1. The van der Waals surface area contributed by atoms with Crippen molar-refractivity contribution in [2.45, 2.75) is 20.3 Å². The number of halogens is 1. The lowest BCUT2D eigenvalue weighted by atomic mass is 10.1. The van der Waals surface area contributed by atoms with Crippen LogP contribution in [0.4, 0.5) is 0 Å². The second-order valence-corrected chi connectivity index (χ2v) is 4.42. The van der Waals surface area contributed by atoms with Gasteiger partial charge in [0, 0.05) is 16.3 Å². The van der Waals surface area contributed by atoms with E-state index < -0.39 is 0 Å². The molecule has 1 nitrogen and oxygen atoms in total. The van der Waals surface area contributed by atoms with Crippen LogP contribution in [-0.2, 0) is 0 Å². The predicted molar refractivity (Wildman–Crippen MR) is 73.0 cm³/mol. The van der Waals surface area contributed by atoms with E-state index in [0.29, 0.717) is 0 Å². The van der Waals surface area contributed by atoms with Gasteiger partial charge in [-0.05, 0) is 19.4 Å². The summed E-state index contributed by atoms with van der Waals surface area (Å²) in [6, 6.07) is 8.18. The van der Waals surface area contributed by atoms with Gasteiger partial charge in [0.1, 0.15) is 11.3 Å². The molecule has 0 amide bonds. The minimum atomic E-state index is 0.919. The molecule has 1 aromatic heterocycles. The molecule has 0 aliphatic heterocycles. The van der Waals surface area contributed by atoms with E-state index in [2.05, 4.69) is 35.0 Å². The molecule has 0 spiro atoms. The molecule has 0 aliphatic rings. The van der Waals surface area contributed by atoms with E-state index >= 15 is 0 Å². The summed E-state index contributed by atoms with van der Waals surface area (Å²) in [5, 5.41) is 2.12. The van der Waals surface area contributed by atoms with Gasteiger partial charge in [-0.25, -0.2) is 0 Å². The van der Waals surface area contributed by atoms with Crippen LogP contribution >= 0.6 is 15.9 Å². The van der Waals surface area contributed by atoms with Crippen LogP contribution in [0.1, 0.15) is 24.7 Å². The number of hydrogen-bond donors (Lipinski definition) is 0. The number of alkyl halides is 1. The Balaban J connectivity index is 2.59. The molecule has 0 unspecified atom stereocenters. The summed E-state index contributed by atoms with van der Waals surface area (Å²) in [5.74, 6) is 0.994. The third kappa shape index (κ3) is 2.07. The molecule has 0 N–H and O–H groups in total. The average Bonchev–Trinajstić information content (AvgIpc) is 2.62. The van der Waals surface area contributed by atoms with Gasteiger partial charge in [-0.15, -0.1) is 0 Å². The minimum absolute atomic E-state index is 0.919. The number of allylic oxidation sites excluding steroid dienone is 1. The molecule has 0 fully saturated rings. The first-order valence-electron chi connectivity index (χ1n) is 5.49. The summed E-state index contributed by atoms with van der Waals surface area (Å²) in [6.45, 7) is 4.19. The second-order valence-electron chi connectivity index (χ2n) is 3.86. The maximum atomic E-state index is 5.73. The van der Waals surface area contributed by atoms with Crippen LogP contribution in [0.2, 0.25) is 0 Å². The lowest BCUT2D eigenvalue weighted by Gasteiger charge is -1.98. The normalized spacial score (nSPS) is 12.3. The maximum absolute atomic E-state index is 5.73. The number of aryl methyl sites for hydroxylation is 1. The van der Waals surface area contributed by atoms with Gasteiger partial charge in [-0.2, -0.15) is 0 Å². The highest BCUT2D eigenvalue weighted by atomic mass is 79.9. The Morgan fingerprint density at radius 1 is 1.38 bits per heavy atom. The van der Waals surface area contributed by atoms with Crippen LogP contribution < -0.4 is 0 Å². The number of hydrogen-bond acceptors (Lipinski definition) is 1. The molecule has 0 saturated carbocycles. The first-order chi connectivity index (χ1) is 7.76. The number of benzene rings is 1. The van der Waals surface area contributed by atoms with Gasteiger partial charge in [-0.3, -0.25) is 0 Å². The Bertz CT molecular complexity index is 517. The molecule has 16 heavy (non-hydrogen) atoms. The molecule has 0 atom stereocenters. The van der Waals surface area contributed by atoms with Gasteiger partial charge in [0.2, 0.25) is 0 Å². The van der Waals surface area contributed by atoms with Crippen LogP contribution in [-0.4, -0.2) is 5.33 Å². The van der Waals surface area contributed by atoms with Crippen molar-refractivity contribution < 1.29 is 4.42 Å². The Morgan fingerprint density at radius 3 is 2.81 bits per heavy atom. The first kappa shape index (κ1) is 11.5. The van der Waals surface area contributed by atoms with Crippen molar-refractivity contribution in [1.29, 1.82) is 0 Å². The third-order valence-corrected chi connectivity index (χ3v) is 3.51. The van der Waals surface area contributed by atoms with Crippen molar-refractivity contribution in [1.82, 2.24) is 0 Å². The highest BCUT2D eigenvalue weighted by molar-refractivity contribution is 9.09. The van der Waals surface area contributed by atoms with Crippen molar-refractivity contribution in [2.24, 2.45) is 0 Å². The smallest absolute Gasteiger partial charge is 0.134 e. The van der Waals surface area contributed by atoms with Crippen molar-refractivity contribution in [2.75, 3.05) is 5.33 Å². The van der Waals surface area contributed by atoms with Crippen LogP contribution in [0.5, 0.6) is 0 Å². The van der Waals surface area contributed by atoms with E-state index in [0.717, 1.165) is 23.1 Å². The van der Waals surface area contributed by atoms with E-state index in [-0.39, 0.29) is 0 Å². The zero-order valence-corrected chi connectivity index (χ0v) is 11.2. The molecule has 1 aromatic carbocycles. The Morgan fingerprint density at radius 2 is 2.12 bits per heavy atom. The first-order valence-corrected chi connectivity index (χ1v) is 6.62. The Hall–Kier alpha value is -1.02. The van der Waals surface area contributed by atoms with Crippen molar-refractivity contribution >= 4 is 33.0 Å². The van der Waals surface area contributed by atoms with Crippen LogP contribution in [0, 0.1) is 6.92 Å². The minimum Gasteiger partial charge on any atom is -0.461 e. The molecule has 2 heteroatoms. The lowest BCUT2D eigenvalue weighted by molar-refractivity contribution is 0.577. The molecule has 1 heterocycles. The molecule has 0 radical (unpaired) electrons. The van der Waals surface area contributed by atoms with Gasteiger partial charge in [0.15, 0.2) is 0 Å². The SMILES string of the molecule is CC/C(=C/c1c(C)oc2ccccc12)CBr. The predicted octanol–water partition coefficient (Wildman–Crippen LogP) is 4.93. The zero-order chi connectivity index (χ0) is 11.5. The maximum Gasteiger partial charge on any atom is 0.134 e. The van der Waals surface area contributed by atoms with E-state index in [9.17, 15) is 0 Å². The monoisotopic (exact) mass is 278 g/mol. The number of furan rings is 1. The van der Waals surface area contributed by atoms with Gasteiger partial charge in [0.25, 0.3) is 0 Å². The standard InChI is InChI=1S/C14H15BrO/c1-3-11(9-15)8-13-10(2)16-14-7-5-4-6-12(13)14/h4-8H,3,9H2,1-2H3/b11-8-. The van der Waals surface area contributed by atoms with E-state index in [1.807, 2.05) is 25.1 Å². The summed E-state index contributed by atoms with van der Waals surface area (Å²) in [5.41, 5.74) is 3.57. The summed E-state index contributed by atoms with van der Waals surface area (Å²) < 4.78 is 5.73. The molecular weight excluding hydrogens is 264 g/mol. The van der Waals surface area contributed by atoms with Gasteiger partial charge in [0.05, 0.1) is 0 Å². The number of rotatable bonds is 3. The fraction of sp³-hybridized carbons (Fsp3) is 0.286. The van der Waals surface area contributed by atoms with Crippen LogP contribution in [0.3, 0.4) is 0 Å². The van der Waals surface area contributed by atoms with E-state index in [1.54, 1.807) is 0 Å². The summed E-state index contributed by atoms with van der Waals surface area (Å²) in [7, 11) is 0. The summed E-state index contributed by atoms with van der Waals surface area (Å²) in [4.78, 5) is 0. The average molecular weight is 279 g/mol. The van der Waals surface area contributed by atoms with Crippen molar-refractivity contribution in [3.05, 3.63) is 41.2 Å². The Kier molecular flexibility index (Phi) is 3.49. The second kappa shape index (κ2) is 4.88. The molecule has 2 aromatic rings. The quantitative estimate of drug-likeness (QED) is 0.726. The van der Waals surface area contributed by atoms with E-state index in [4.69, 9.17) is 4.42 Å². The van der Waals surface area contributed by atoms with E-state index in [1.165, 1.54) is 16.5 Å². The highest BCUT2D eigenvalue weighted by Crippen LogP contribution is 2.27. The zero-order valence-electron chi connectivity index (χ0n) is 9.59. The molecule has 0 saturated heterocycles. The lowest BCUT2D eigenvalue weighted by Crippen LogP contribution is -1.82. The van der Waals surface area contributed by atoms with Gasteiger partial charge < -0.3 is 4.42 Å². The van der Waals surface area contributed by atoms with Crippen LogP contribution in [0.15, 0.2) is 34.3 Å². The highest BCUT2D eigenvalue weighted by Gasteiger charge is 2.08. The fourth-order valence-corrected chi connectivity index (χ4v) is 2.36. The van der Waals surface area contributed by atoms with Gasteiger partial charge >= 0.3 is 0 Å². The molecule has 84 valence electrons. The molecular formula is C14H15BrO. The van der Waals surface area contributed by atoms with Crippen molar-refractivity contribution in [3.63, 3.8) is 0 Å². The summed E-state index contributed by atoms with van der Waals surface area (Å²) >= 11 is 3.51. The topological polar surface area (TPSA) is 13.1 Å². The van der Waals surface area contributed by atoms with Gasteiger partial charge in [-0.1, -0.05) is 52.7 Å².